The fourth-order valence-corrected chi connectivity index (χ4v) is 4.13. The summed E-state index contributed by atoms with van der Waals surface area (Å²) in [5, 5.41) is 5.42. The molecule has 156 valence electrons. The first-order chi connectivity index (χ1) is 14.5. The highest BCUT2D eigenvalue weighted by Gasteiger charge is 2.45. The summed E-state index contributed by atoms with van der Waals surface area (Å²) >= 11 is 6.21. The number of pyridine rings is 1. The summed E-state index contributed by atoms with van der Waals surface area (Å²) in [6.07, 6.45) is 5.02. The molecule has 1 aliphatic heterocycles. The topological polar surface area (TPSA) is 67.0 Å². The van der Waals surface area contributed by atoms with Gasteiger partial charge in [-0.1, -0.05) is 11.6 Å². The lowest BCUT2D eigenvalue weighted by Gasteiger charge is -2.33. The van der Waals surface area contributed by atoms with Crippen molar-refractivity contribution in [2.75, 3.05) is 20.3 Å². The monoisotopic (exact) mass is 433 g/mol. The van der Waals surface area contributed by atoms with Crippen LogP contribution in [-0.2, 0) is 11.3 Å². The number of fused-ring (bicyclic) bond motifs is 3. The smallest absolute Gasteiger partial charge is 0.291 e. The Bertz CT molecular complexity index is 1240. The number of methoxy groups -OCH3 is 1. The van der Waals surface area contributed by atoms with Crippen molar-refractivity contribution in [2.24, 2.45) is 0 Å². The van der Waals surface area contributed by atoms with Gasteiger partial charge in [0.1, 0.15) is 24.0 Å². The standard InChI is InChI=1S/C20H18ClF2N5O2/c1-29-13-7-25-27(9-13)10-18-26-16-8-24-15-3-2-12(21)6-14(15)19(16)28(18)17-4-5-30-11-20(17,22)23/h2-3,6-9,17H,4-5,10-11H2,1H3. The first-order valence-electron chi connectivity index (χ1n) is 9.43. The second kappa shape index (κ2) is 7.17. The van der Waals surface area contributed by atoms with Crippen LogP contribution in [0.2, 0.25) is 5.02 Å². The third-order valence-corrected chi connectivity index (χ3v) is 5.56. The summed E-state index contributed by atoms with van der Waals surface area (Å²) < 4.78 is 43.4. The van der Waals surface area contributed by atoms with E-state index >= 15 is 0 Å². The van der Waals surface area contributed by atoms with Gasteiger partial charge < -0.3 is 14.0 Å². The van der Waals surface area contributed by atoms with E-state index in [1.807, 2.05) is 0 Å². The Morgan fingerprint density at radius 1 is 1.30 bits per heavy atom. The summed E-state index contributed by atoms with van der Waals surface area (Å²) in [7, 11) is 1.54. The molecule has 0 aliphatic carbocycles. The summed E-state index contributed by atoms with van der Waals surface area (Å²) in [6, 6.07) is 4.13. The van der Waals surface area contributed by atoms with Crippen molar-refractivity contribution in [3.05, 3.63) is 47.6 Å². The number of ether oxygens (including phenoxy) is 2. The van der Waals surface area contributed by atoms with E-state index in [1.165, 1.54) is 0 Å². The highest BCUT2D eigenvalue weighted by atomic mass is 35.5. The molecule has 1 unspecified atom stereocenters. The van der Waals surface area contributed by atoms with Crippen molar-refractivity contribution in [3.63, 3.8) is 0 Å². The zero-order chi connectivity index (χ0) is 20.9. The molecule has 7 nitrogen and oxygen atoms in total. The fourth-order valence-electron chi connectivity index (χ4n) is 3.95. The normalized spacial score (nSPS) is 18.9. The summed E-state index contributed by atoms with van der Waals surface area (Å²) in [4.78, 5) is 9.07. The SMILES string of the molecule is COc1cnn(Cc2nc3cnc4ccc(Cl)cc4c3n2C2CCOCC2(F)F)c1. The van der Waals surface area contributed by atoms with Crippen molar-refractivity contribution < 1.29 is 18.3 Å². The van der Waals surface area contributed by atoms with Crippen molar-refractivity contribution in [1.82, 2.24) is 24.3 Å². The van der Waals surface area contributed by atoms with Crippen molar-refractivity contribution in [1.29, 1.82) is 0 Å². The van der Waals surface area contributed by atoms with E-state index in [-0.39, 0.29) is 19.6 Å². The maximum absolute atomic E-state index is 15.0. The summed E-state index contributed by atoms with van der Waals surface area (Å²) in [5.41, 5.74) is 1.78. The van der Waals surface area contributed by atoms with E-state index in [0.717, 1.165) is 0 Å². The minimum Gasteiger partial charge on any atom is -0.493 e. The zero-order valence-corrected chi connectivity index (χ0v) is 16.8. The largest absolute Gasteiger partial charge is 0.493 e. The van der Waals surface area contributed by atoms with Gasteiger partial charge in [-0.05, 0) is 24.6 Å². The maximum Gasteiger partial charge on any atom is 0.291 e. The molecule has 0 bridgehead atoms. The van der Waals surface area contributed by atoms with E-state index < -0.39 is 18.6 Å². The quantitative estimate of drug-likeness (QED) is 0.485. The third-order valence-electron chi connectivity index (χ3n) is 5.33. The molecule has 1 fully saturated rings. The van der Waals surface area contributed by atoms with E-state index in [0.29, 0.717) is 38.5 Å². The molecule has 4 aromatic rings. The van der Waals surface area contributed by atoms with Gasteiger partial charge in [-0.15, -0.1) is 0 Å². The predicted octanol–water partition coefficient (Wildman–Crippen LogP) is 4.09. The lowest BCUT2D eigenvalue weighted by atomic mass is 10.0. The van der Waals surface area contributed by atoms with Gasteiger partial charge in [-0.2, -0.15) is 5.10 Å². The first kappa shape index (κ1) is 19.2. The highest BCUT2D eigenvalue weighted by Crippen LogP contribution is 2.40. The predicted molar refractivity (Wildman–Crippen MR) is 107 cm³/mol. The number of aromatic nitrogens is 5. The van der Waals surface area contributed by atoms with Gasteiger partial charge >= 0.3 is 0 Å². The molecule has 0 saturated carbocycles. The minimum absolute atomic E-state index is 0.165. The lowest BCUT2D eigenvalue weighted by Crippen LogP contribution is -2.41. The Labute approximate surface area is 175 Å². The van der Waals surface area contributed by atoms with Gasteiger partial charge in [0, 0.05) is 17.0 Å². The summed E-state index contributed by atoms with van der Waals surface area (Å²) in [6.45, 7) is -0.178. The van der Waals surface area contributed by atoms with Crippen molar-refractivity contribution in [2.45, 2.75) is 24.9 Å². The van der Waals surface area contributed by atoms with E-state index in [2.05, 4.69) is 15.1 Å². The van der Waals surface area contributed by atoms with Gasteiger partial charge in [0.2, 0.25) is 0 Å². The van der Waals surface area contributed by atoms with Crippen LogP contribution in [0.4, 0.5) is 8.78 Å². The van der Waals surface area contributed by atoms with Crippen LogP contribution in [0.15, 0.2) is 36.8 Å². The van der Waals surface area contributed by atoms with Gasteiger partial charge in [0.25, 0.3) is 5.92 Å². The van der Waals surface area contributed by atoms with Crippen molar-refractivity contribution >= 4 is 33.5 Å². The molecular weight excluding hydrogens is 416 g/mol. The Morgan fingerprint density at radius 2 is 2.17 bits per heavy atom. The first-order valence-corrected chi connectivity index (χ1v) is 9.81. The molecule has 1 atom stereocenters. The molecule has 3 aromatic heterocycles. The molecule has 0 N–H and O–H groups in total. The number of halogens is 3. The van der Waals surface area contributed by atoms with Crippen LogP contribution in [-0.4, -0.2) is 50.6 Å². The van der Waals surface area contributed by atoms with Gasteiger partial charge in [-0.3, -0.25) is 9.67 Å². The molecule has 1 aromatic carbocycles. The number of hydrogen-bond acceptors (Lipinski definition) is 5. The molecule has 0 amide bonds. The summed E-state index contributed by atoms with van der Waals surface area (Å²) in [5.74, 6) is -2.01. The minimum atomic E-state index is -3.05. The molecular formula is C20H18ClF2N5O2. The zero-order valence-electron chi connectivity index (χ0n) is 16.1. The van der Waals surface area contributed by atoms with Crippen molar-refractivity contribution in [3.8, 4) is 5.75 Å². The number of hydrogen-bond donors (Lipinski definition) is 0. The number of nitrogens with zero attached hydrogens (tertiary/aromatic N) is 5. The third kappa shape index (κ3) is 3.18. The highest BCUT2D eigenvalue weighted by molar-refractivity contribution is 6.31. The Kier molecular flexibility index (Phi) is 4.59. The average molecular weight is 434 g/mol. The van der Waals surface area contributed by atoms with Crippen LogP contribution in [0.25, 0.3) is 21.9 Å². The van der Waals surface area contributed by atoms with Crippen LogP contribution in [0.3, 0.4) is 0 Å². The second-order valence-corrected chi connectivity index (χ2v) is 7.68. The fraction of sp³-hybridized carbons (Fsp3) is 0.350. The van der Waals surface area contributed by atoms with Crippen LogP contribution >= 0.6 is 11.6 Å². The van der Waals surface area contributed by atoms with Gasteiger partial charge in [0.15, 0.2) is 5.75 Å². The van der Waals surface area contributed by atoms with Gasteiger partial charge in [-0.25, -0.2) is 13.8 Å². The molecule has 0 spiro atoms. The number of rotatable bonds is 4. The molecule has 10 heteroatoms. The number of benzene rings is 1. The van der Waals surface area contributed by atoms with E-state index in [4.69, 9.17) is 21.1 Å². The van der Waals surface area contributed by atoms with E-state index in [9.17, 15) is 8.78 Å². The molecule has 0 radical (unpaired) electrons. The maximum atomic E-state index is 15.0. The molecule has 4 heterocycles. The number of imidazole rings is 1. The van der Waals surface area contributed by atoms with Crippen LogP contribution in [0, 0.1) is 0 Å². The molecule has 30 heavy (non-hydrogen) atoms. The van der Waals surface area contributed by atoms with Crippen LogP contribution in [0.1, 0.15) is 18.3 Å². The number of alkyl halides is 2. The second-order valence-electron chi connectivity index (χ2n) is 7.25. The van der Waals surface area contributed by atoms with E-state index in [1.54, 1.807) is 53.1 Å². The van der Waals surface area contributed by atoms with Gasteiger partial charge in [0.05, 0.1) is 43.3 Å². The Balaban J connectivity index is 1.76. The Hall–Kier alpha value is -2.78. The Morgan fingerprint density at radius 3 is 2.93 bits per heavy atom. The lowest BCUT2D eigenvalue weighted by molar-refractivity contribution is -0.147. The molecule has 1 aliphatic rings. The molecule has 5 rings (SSSR count). The van der Waals surface area contributed by atoms with Crippen LogP contribution in [0.5, 0.6) is 5.75 Å². The van der Waals surface area contributed by atoms with Crippen LogP contribution < -0.4 is 4.74 Å². The molecule has 1 saturated heterocycles. The average Bonchev–Trinajstić information content (AvgIpc) is 3.32.